The van der Waals surface area contributed by atoms with E-state index in [-0.39, 0.29) is 5.91 Å². The number of nitrogens with one attached hydrogen (secondary N) is 1. The average Bonchev–Trinajstić information content (AvgIpc) is 2.76. The molecular formula is C13H12INOS. The normalized spacial score (nSPS) is 10.2. The smallest absolute Gasteiger partial charge is 0.256 e. The number of halogens is 1. The fourth-order valence-corrected chi connectivity index (χ4v) is 2.83. The van der Waals surface area contributed by atoms with Gasteiger partial charge < -0.3 is 5.32 Å². The van der Waals surface area contributed by atoms with Crippen molar-refractivity contribution < 1.29 is 4.79 Å². The standard InChI is InChI=1S/C13H12INOS/c1-2-9-4-3-5-11(6-9)15-13(16)10-7-12(14)17-8-10/h3-8H,2H2,1H3,(H,15,16). The van der Waals surface area contributed by atoms with Gasteiger partial charge in [0.25, 0.3) is 5.91 Å². The van der Waals surface area contributed by atoms with Crippen LogP contribution in [0.15, 0.2) is 35.7 Å². The quantitative estimate of drug-likeness (QED) is 0.821. The third kappa shape index (κ3) is 3.29. The number of carbonyl (C=O) groups is 1. The molecule has 0 bridgehead atoms. The van der Waals surface area contributed by atoms with Crippen molar-refractivity contribution >= 4 is 45.5 Å². The first-order valence-corrected chi connectivity index (χ1v) is 7.29. The molecule has 4 heteroatoms. The van der Waals surface area contributed by atoms with Crippen LogP contribution in [-0.2, 0) is 6.42 Å². The van der Waals surface area contributed by atoms with Crippen molar-refractivity contribution in [2.24, 2.45) is 0 Å². The molecule has 0 aliphatic heterocycles. The van der Waals surface area contributed by atoms with Crippen LogP contribution in [-0.4, -0.2) is 5.91 Å². The first-order chi connectivity index (χ1) is 8.19. The number of benzene rings is 1. The van der Waals surface area contributed by atoms with Gasteiger partial charge in [-0.05, 0) is 52.8 Å². The van der Waals surface area contributed by atoms with Gasteiger partial charge >= 0.3 is 0 Å². The van der Waals surface area contributed by atoms with Crippen LogP contribution < -0.4 is 5.32 Å². The van der Waals surface area contributed by atoms with Crippen LogP contribution in [0.25, 0.3) is 0 Å². The largest absolute Gasteiger partial charge is 0.322 e. The molecule has 1 amide bonds. The number of amides is 1. The Morgan fingerprint density at radius 3 is 2.88 bits per heavy atom. The summed E-state index contributed by atoms with van der Waals surface area (Å²) < 4.78 is 1.12. The van der Waals surface area contributed by atoms with Crippen LogP contribution in [0.3, 0.4) is 0 Å². The van der Waals surface area contributed by atoms with E-state index in [0.717, 1.165) is 20.6 Å². The summed E-state index contributed by atoms with van der Waals surface area (Å²) in [6.07, 6.45) is 0.972. The van der Waals surface area contributed by atoms with Crippen molar-refractivity contribution in [3.8, 4) is 0 Å². The highest BCUT2D eigenvalue weighted by Crippen LogP contribution is 2.18. The van der Waals surface area contributed by atoms with Gasteiger partial charge in [0, 0.05) is 11.1 Å². The average molecular weight is 357 g/mol. The van der Waals surface area contributed by atoms with Gasteiger partial charge in [-0.25, -0.2) is 0 Å². The van der Waals surface area contributed by atoms with Crippen molar-refractivity contribution in [2.45, 2.75) is 13.3 Å². The first-order valence-electron chi connectivity index (χ1n) is 5.33. The fraction of sp³-hybridized carbons (Fsp3) is 0.154. The summed E-state index contributed by atoms with van der Waals surface area (Å²) in [6, 6.07) is 9.84. The van der Waals surface area contributed by atoms with Crippen LogP contribution in [0.2, 0.25) is 0 Å². The molecule has 88 valence electrons. The van der Waals surface area contributed by atoms with E-state index < -0.39 is 0 Å². The highest BCUT2D eigenvalue weighted by molar-refractivity contribution is 14.1. The van der Waals surface area contributed by atoms with E-state index in [4.69, 9.17) is 0 Å². The van der Waals surface area contributed by atoms with E-state index in [9.17, 15) is 4.79 Å². The summed E-state index contributed by atoms with van der Waals surface area (Å²) in [5.41, 5.74) is 2.81. The maximum Gasteiger partial charge on any atom is 0.256 e. The lowest BCUT2D eigenvalue weighted by Crippen LogP contribution is -2.10. The summed E-state index contributed by atoms with van der Waals surface area (Å²) in [5.74, 6) is -0.0441. The van der Waals surface area contributed by atoms with Crippen LogP contribution >= 0.6 is 33.9 Å². The van der Waals surface area contributed by atoms with Crippen LogP contribution in [0, 0.1) is 2.88 Å². The second-order valence-corrected chi connectivity index (χ2v) is 6.45. The molecule has 17 heavy (non-hydrogen) atoms. The summed E-state index contributed by atoms with van der Waals surface area (Å²) in [7, 11) is 0. The minimum Gasteiger partial charge on any atom is -0.322 e. The van der Waals surface area contributed by atoms with E-state index >= 15 is 0 Å². The van der Waals surface area contributed by atoms with Crippen molar-refractivity contribution in [1.82, 2.24) is 0 Å². The zero-order valence-electron chi connectivity index (χ0n) is 9.37. The predicted molar refractivity (Wildman–Crippen MR) is 80.8 cm³/mol. The molecule has 1 heterocycles. The van der Waals surface area contributed by atoms with Crippen LogP contribution in [0.1, 0.15) is 22.8 Å². The lowest BCUT2D eigenvalue weighted by Gasteiger charge is -2.05. The number of hydrogen-bond donors (Lipinski definition) is 1. The van der Waals surface area contributed by atoms with Gasteiger partial charge in [-0.1, -0.05) is 19.1 Å². The molecule has 0 aliphatic carbocycles. The maximum atomic E-state index is 11.9. The molecule has 0 radical (unpaired) electrons. The molecule has 0 saturated heterocycles. The highest BCUT2D eigenvalue weighted by Gasteiger charge is 2.08. The Morgan fingerprint density at radius 2 is 2.24 bits per heavy atom. The number of thiophene rings is 1. The highest BCUT2D eigenvalue weighted by atomic mass is 127. The number of hydrogen-bond acceptors (Lipinski definition) is 2. The van der Waals surface area contributed by atoms with Crippen molar-refractivity contribution in [2.75, 3.05) is 5.32 Å². The third-order valence-corrected chi connectivity index (χ3v) is 4.21. The summed E-state index contributed by atoms with van der Waals surface area (Å²) in [4.78, 5) is 11.9. The Labute approximate surface area is 118 Å². The Morgan fingerprint density at radius 1 is 1.41 bits per heavy atom. The zero-order chi connectivity index (χ0) is 12.3. The van der Waals surface area contributed by atoms with Gasteiger partial charge in [0.05, 0.1) is 8.45 Å². The van der Waals surface area contributed by atoms with Gasteiger partial charge in [0.15, 0.2) is 0 Å². The van der Waals surface area contributed by atoms with E-state index in [2.05, 4.69) is 40.9 Å². The van der Waals surface area contributed by atoms with Crippen molar-refractivity contribution in [1.29, 1.82) is 0 Å². The summed E-state index contributed by atoms with van der Waals surface area (Å²) >= 11 is 3.79. The molecule has 1 N–H and O–H groups in total. The van der Waals surface area contributed by atoms with E-state index in [1.54, 1.807) is 11.3 Å². The molecule has 0 aliphatic rings. The summed E-state index contributed by atoms with van der Waals surface area (Å²) in [6.45, 7) is 2.10. The predicted octanol–water partition coefficient (Wildman–Crippen LogP) is 4.17. The Balaban J connectivity index is 2.12. The molecule has 1 aromatic heterocycles. The molecule has 0 saturated carbocycles. The number of rotatable bonds is 3. The molecule has 2 aromatic rings. The van der Waals surface area contributed by atoms with Gasteiger partial charge in [-0.15, -0.1) is 11.3 Å². The van der Waals surface area contributed by atoms with E-state index in [1.165, 1.54) is 5.56 Å². The molecule has 2 rings (SSSR count). The zero-order valence-corrected chi connectivity index (χ0v) is 12.3. The SMILES string of the molecule is CCc1cccc(NC(=O)c2csc(I)c2)c1. The lowest BCUT2D eigenvalue weighted by molar-refractivity contribution is 0.102. The fourth-order valence-electron chi connectivity index (χ4n) is 1.50. The van der Waals surface area contributed by atoms with Gasteiger partial charge in [-0.2, -0.15) is 0 Å². The van der Waals surface area contributed by atoms with Crippen LogP contribution in [0.4, 0.5) is 5.69 Å². The first kappa shape index (κ1) is 12.6. The maximum absolute atomic E-state index is 11.9. The summed E-state index contributed by atoms with van der Waals surface area (Å²) in [5, 5.41) is 4.79. The molecule has 2 nitrogen and oxygen atoms in total. The Bertz CT molecular complexity index is 536. The van der Waals surface area contributed by atoms with Gasteiger partial charge in [-0.3, -0.25) is 4.79 Å². The van der Waals surface area contributed by atoms with Gasteiger partial charge in [0.1, 0.15) is 0 Å². The number of anilines is 1. The second-order valence-electron chi connectivity index (χ2n) is 3.65. The molecule has 0 fully saturated rings. The minimum absolute atomic E-state index is 0.0441. The van der Waals surface area contributed by atoms with E-state index in [0.29, 0.717) is 0 Å². The Kier molecular flexibility index (Phi) is 4.17. The molecular weight excluding hydrogens is 345 g/mol. The van der Waals surface area contributed by atoms with Crippen molar-refractivity contribution in [3.05, 3.63) is 49.7 Å². The van der Waals surface area contributed by atoms with Gasteiger partial charge in [0.2, 0.25) is 0 Å². The molecule has 0 atom stereocenters. The second kappa shape index (κ2) is 5.64. The number of aryl methyl sites for hydroxylation is 1. The van der Waals surface area contributed by atoms with Crippen LogP contribution in [0.5, 0.6) is 0 Å². The van der Waals surface area contributed by atoms with Crippen molar-refractivity contribution in [3.63, 3.8) is 0 Å². The molecule has 1 aromatic carbocycles. The molecule has 0 spiro atoms. The van der Waals surface area contributed by atoms with E-state index in [1.807, 2.05) is 29.6 Å². The topological polar surface area (TPSA) is 29.1 Å². The Hall–Kier alpha value is -0.880. The molecule has 0 unspecified atom stereocenters. The minimum atomic E-state index is -0.0441. The lowest BCUT2D eigenvalue weighted by atomic mass is 10.1. The third-order valence-electron chi connectivity index (χ3n) is 2.42. The number of carbonyl (C=O) groups excluding carboxylic acids is 1. The monoisotopic (exact) mass is 357 g/mol.